The van der Waals surface area contributed by atoms with Gasteiger partial charge in [0.05, 0.1) is 0 Å². The Morgan fingerprint density at radius 2 is 1.89 bits per heavy atom. The van der Waals surface area contributed by atoms with Crippen LogP contribution in [0.5, 0.6) is 0 Å². The number of nitrogens with two attached hydrogens (primary N) is 2. The molecule has 0 aromatic rings. The fourth-order valence-corrected chi connectivity index (χ4v) is 0.158. The van der Waals surface area contributed by atoms with Crippen LogP contribution in [0, 0.1) is 5.41 Å². The summed E-state index contributed by atoms with van der Waals surface area (Å²) < 4.78 is 0. The van der Waals surface area contributed by atoms with Gasteiger partial charge < -0.3 is 17.6 Å². The zero-order valence-electron chi connectivity index (χ0n) is 4.96. The topological polar surface area (TPSA) is 136 Å². The number of rotatable bonds is 0. The van der Waals surface area contributed by atoms with Gasteiger partial charge in [-0.2, -0.15) is 4.99 Å². The highest BCUT2D eigenvalue weighted by molar-refractivity contribution is 5.93. The van der Waals surface area contributed by atoms with Crippen molar-refractivity contribution in [2.75, 3.05) is 0 Å². The average molecular weight is 130 g/mol. The lowest BCUT2D eigenvalue weighted by Crippen LogP contribution is -2.23. The van der Waals surface area contributed by atoms with Gasteiger partial charge in [-0.1, -0.05) is 0 Å². The van der Waals surface area contributed by atoms with E-state index in [4.69, 9.17) is 16.9 Å². The molecule has 0 aliphatic carbocycles. The first kappa shape index (κ1) is 10.5. The summed E-state index contributed by atoms with van der Waals surface area (Å²) >= 11 is 0. The molecule has 0 fully saturated rings. The minimum atomic E-state index is -0.273. The van der Waals surface area contributed by atoms with E-state index in [0.717, 1.165) is 0 Å². The third kappa shape index (κ3) is 6.57. The van der Waals surface area contributed by atoms with Gasteiger partial charge >= 0.3 is 0 Å². The molecule has 0 atom stereocenters. The van der Waals surface area contributed by atoms with Gasteiger partial charge in [0, 0.05) is 0 Å². The summed E-state index contributed by atoms with van der Waals surface area (Å²) in [5.74, 6) is -0.451. The Balaban J connectivity index is 0. The van der Waals surface area contributed by atoms with Crippen molar-refractivity contribution in [2.24, 2.45) is 21.5 Å². The van der Waals surface area contributed by atoms with Gasteiger partial charge in [0.1, 0.15) is 0 Å². The number of hydrogen-bond donors (Lipinski definition) is 4. The first-order chi connectivity index (χ1) is 3.66. The largest absolute Gasteiger partial charge is 0.370 e. The van der Waals surface area contributed by atoms with Gasteiger partial charge in [-0.25, -0.2) is 4.99 Å². The van der Waals surface area contributed by atoms with Crippen molar-refractivity contribution in [3.05, 3.63) is 0 Å². The minimum Gasteiger partial charge on any atom is -0.370 e. The Kier molecular flexibility index (Phi) is 5.53. The maximum Gasteiger partial charge on any atom is 0.244 e. The predicted octanol–water partition coefficient (Wildman–Crippen LogP) is -0.943. The second kappa shape index (κ2) is 4.72. The second-order valence-corrected chi connectivity index (χ2v) is 1.02. The van der Waals surface area contributed by atoms with Crippen molar-refractivity contribution in [2.45, 2.75) is 0 Å². The van der Waals surface area contributed by atoms with Gasteiger partial charge in [-0.05, 0) is 6.72 Å². The fourth-order valence-electron chi connectivity index (χ4n) is 0.158. The first-order valence-corrected chi connectivity index (χ1v) is 1.81. The second-order valence-electron chi connectivity index (χ2n) is 1.02. The molecule has 0 aromatic carbocycles. The molecule has 0 amide bonds. The third-order valence-electron chi connectivity index (χ3n) is 0.385. The molecule has 0 saturated carbocycles. The number of nitrogens with zero attached hydrogens (tertiary/aromatic N) is 2. The van der Waals surface area contributed by atoms with Crippen molar-refractivity contribution in [3.63, 3.8) is 0 Å². The smallest absolute Gasteiger partial charge is 0.244 e. The highest BCUT2D eigenvalue weighted by Gasteiger charge is 1.82. The molecule has 0 spiro atoms. The number of aliphatic imine (C=N–C) groups is 2. The zero-order chi connectivity index (χ0) is 6.57. The van der Waals surface area contributed by atoms with Crippen LogP contribution in [0.25, 0.3) is 0 Å². The van der Waals surface area contributed by atoms with Crippen LogP contribution in [0.1, 0.15) is 0 Å². The lowest BCUT2D eigenvalue weighted by Gasteiger charge is -1.85. The maximum absolute atomic E-state index is 6.69. The maximum atomic E-state index is 6.69. The summed E-state index contributed by atoms with van der Waals surface area (Å²) in [5, 5.41) is 6.69. The number of guanidine groups is 2. The molecule has 0 aromatic heterocycles. The van der Waals surface area contributed by atoms with E-state index in [1.165, 1.54) is 0 Å². The molecule has 0 bridgehead atoms. The van der Waals surface area contributed by atoms with Crippen molar-refractivity contribution in [3.8, 4) is 0 Å². The van der Waals surface area contributed by atoms with Gasteiger partial charge in [0.25, 0.3) is 0 Å². The van der Waals surface area contributed by atoms with Gasteiger partial charge in [-0.15, -0.1) is 0 Å². The average Bonchev–Trinajstić information content (AvgIpc) is 1.65. The van der Waals surface area contributed by atoms with Crippen LogP contribution in [-0.4, -0.2) is 18.6 Å². The van der Waals surface area contributed by atoms with E-state index in [1.807, 2.05) is 0 Å². The third-order valence-corrected chi connectivity index (χ3v) is 0.385. The van der Waals surface area contributed by atoms with Crippen LogP contribution < -0.4 is 17.6 Å². The van der Waals surface area contributed by atoms with E-state index in [1.54, 1.807) is 0 Å². The van der Waals surface area contributed by atoms with E-state index in [2.05, 4.69) is 16.7 Å². The van der Waals surface area contributed by atoms with Crippen molar-refractivity contribution < 1.29 is 0 Å². The number of hydrogen-bond acceptors (Lipinski definition) is 2. The Bertz CT molecular complexity index is 131. The quantitative estimate of drug-likeness (QED) is 0.249. The van der Waals surface area contributed by atoms with Crippen LogP contribution in [0.4, 0.5) is 0 Å². The van der Waals surface area contributed by atoms with Crippen LogP contribution >= 0.6 is 0 Å². The summed E-state index contributed by atoms with van der Waals surface area (Å²) in [7, 11) is 0. The summed E-state index contributed by atoms with van der Waals surface area (Å²) in [4.78, 5) is 6.34. The Hall–Kier alpha value is -1.43. The summed E-state index contributed by atoms with van der Waals surface area (Å²) in [6.45, 7) is 3.02. The zero-order valence-corrected chi connectivity index (χ0v) is 4.96. The van der Waals surface area contributed by atoms with E-state index in [9.17, 15) is 0 Å². The molecule has 52 valence electrons. The van der Waals surface area contributed by atoms with Crippen molar-refractivity contribution >= 4 is 18.6 Å². The molecular formula is C3H10N6. The lowest BCUT2D eigenvalue weighted by atomic mass is 10.9. The molecule has 0 saturated heterocycles. The van der Waals surface area contributed by atoms with Gasteiger partial charge in [0.15, 0.2) is 5.96 Å². The Morgan fingerprint density at radius 3 is 2.00 bits per heavy atom. The van der Waals surface area contributed by atoms with E-state index in [0.29, 0.717) is 0 Å². The van der Waals surface area contributed by atoms with E-state index >= 15 is 0 Å². The summed E-state index contributed by atoms with van der Waals surface area (Å²) in [6.07, 6.45) is 0. The molecule has 0 aliphatic heterocycles. The lowest BCUT2D eigenvalue weighted by molar-refractivity contribution is 1.35. The molecular weight excluding hydrogens is 120 g/mol. The standard InChI is InChI=1S/C3H7N5.H3N/c1-7-3(6)8-2(4)5;/h1H2,(H5,4,5,6,8);1H3. The Morgan fingerprint density at radius 1 is 1.44 bits per heavy atom. The molecule has 0 aliphatic rings. The van der Waals surface area contributed by atoms with Crippen LogP contribution in [0.3, 0.4) is 0 Å². The van der Waals surface area contributed by atoms with E-state index < -0.39 is 0 Å². The first-order valence-electron chi connectivity index (χ1n) is 1.81. The molecule has 6 nitrogen and oxygen atoms in total. The van der Waals surface area contributed by atoms with Gasteiger partial charge in [0.2, 0.25) is 5.96 Å². The summed E-state index contributed by atoms with van der Waals surface area (Å²) in [5.41, 5.74) is 9.74. The Labute approximate surface area is 52.8 Å². The van der Waals surface area contributed by atoms with Crippen molar-refractivity contribution in [1.29, 1.82) is 5.41 Å². The van der Waals surface area contributed by atoms with Crippen LogP contribution in [0.15, 0.2) is 9.98 Å². The fraction of sp³-hybridized carbons (Fsp3) is 0. The highest BCUT2D eigenvalue weighted by Crippen LogP contribution is 1.71. The minimum absolute atomic E-state index is 0. The molecule has 8 N–H and O–H groups in total. The highest BCUT2D eigenvalue weighted by atomic mass is 15.1. The van der Waals surface area contributed by atoms with Crippen LogP contribution in [0.2, 0.25) is 0 Å². The molecule has 6 heteroatoms. The van der Waals surface area contributed by atoms with Crippen molar-refractivity contribution in [1.82, 2.24) is 6.15 Å². The van der Waals surface area contributed by atoms with Crippen LogP contribution in [-0.2, 0) is 0 Å². The van der Waals surface area contributed by atoms with E-state index in [-0.39, 0.29) is 18.1 Å². The number of nitrogens with one attached hydrogen (secondary N) is 1. The SMILES string of the molecule is C=NC(=N)N=C(N)N.N. The van der Waals surface area contributed by atoms with Gasteiger partial charge in [-0.3, -0.25) is 5.41 Å². The molecule has 9 heavy (non-hydrogen) atoms. The monoisotopic (exact) mass is 130 g/mol. The molecule has 0 unspecified atom stereocenters. The summed E-state index contributed by atoms with van der Waals surface area (Å²) in [6, 6.07) is 0. The molecule has 0 heterocycles. The molecule has 0 radical (unpaired) electrons. The molecule has 0 rings (SSSR count). The normalized spacial score (nSPS) is 6.67. The predicted molar refractivity (Wildman–Crippen MR) is 38.1 cm³/mol.